The van der Waals surface area contributed by atoms with E-state index < -0.39 is 5.97 Å². The third-order valence-electron chi connectivity index (χ3n) is 2.97. The summed E-state index contributed by atoms with van der Waals surface area (Å²) in [6, 6.07) is 0. The van der Waals surface area contributed by atoms with E-state index in [2.05, 4.69) is 10.6 Å². The fourth-order valence-corrected chi connectivity index (χ4v) is 1.65. The van der Waals surface area contributed by atoms with Crippen molar-refractivity contribution in [3.63, 3.8) is 0 Å². The molecule has 0 saturated heterocycles. The minimum atomic E-state index is -0.971. The molecule has 0 aliphatic rings. The summed E-state index contributed by atoms with van der Waals surface area (Å²) in [6.45, 7) is 5.66. The molecule has 25 heavy (non-hydrogen) atoms. The van der Waals surface area contributed by atoms with E-state index >= 15 is 0 Å². The van der Waals surface area contributed by atoms with Gasteiger partial charge in [0.15, 0.2) is 0 Å². The minimum absolute atomic E-state index is 0.00811. The number of likely N-dealkylation sites (N-methyl/N-ethyl adjacent to an activating group) is 1. The Bertz CT molecular complexity index is 330. The van der Waals surface area contributed by atoms with Crippen LogP contribution >= 0.6 is 0 Å². The van der Waals surface area contributed by atoms with Crippen molar-refractivity contribution in [2.75, 3.05) is 73.0 Å². The van der Waals surface area contributed by atoms with Crippen LogP contribution < -0.4 is 10.6 Å². The summed E-state index contributed by atoms with van der Waals surface area (Å²) in [5, 5.41) is 14.1. The molecule has 148 valence electrons. The van der Waals surface area contributed by atoms with Gasteiger partial charge in [0.25, 0.3) is 0 Å². The van der Waals surface area contributed by atoms with Gasteiger partial charge in [-0.05, 0) is 13.5 Å². The van der Waals surface area contributed by atoms with Crippen molar-refractivity contribution >= 4 is 11.9 Å². The maximum Gasteiger partial charge on any atom is 0.303 e. The fraction of sp³-hybridized carbons (Fsp3) is 0.875. The van der Waals surface area contributed by atoms with E-state index in [9.17, 15) is 9.59 Å². The number of amides is 1. The summed E-state index contributed by atoms with van der Waals surface area (Å²) in [5.41, 5.74) is 0. The van der Waals surface area contributed by atoms with Crippen molar-refractivity contribution in [1.82, 2.24) is 10.6 Å². The molecule has 1 amide bonds. The van der Waals surface area contributed by atoms with Crippen LogP contribution in [-0.4, -0.2) is 90.0 Å². The highest BCUT2D eigenvalue weighted by Crippen LogP contribution is 1.89. The number of carbonyl (C=O) groups excluding carboxylic acids is 1. The van der Waals surface area contributed by atoms with Crippen LogP contribution in [0.3, 0.4) is 0 Å². The second kappa shape index (κ2) is 19.1. The normalized spacial score (nSPS) is 10.8. The maximum absolute atomic E-state index is 11.2. The highest BCUT2D eigenvalue weighted by Gasteiger charge is 2.03. The average Bonchev–Trinajstić information content (AvgIpc) is 2.59. The van der Waals surface area contributed by atoms with E-state index in [0.29, 0.717) is 65.8 Å². The minimum Gasteiger partial charge on any atom is -0.481 e. The van der Waals surface area contributed by atoms with Crippen LogP contribution in [0.1, 0.15) is 19.3 Å². The summed E-state index contributed by atoms with van der Waals surface area (Å²) in [5.74, 6) is -1.22. The number of carbonyl (C=O) groups is 2. The first-order chi connectivity index (χ1) is 12.2. The van der Waals surface area contributed by atoms with Crippen LogP contribution in [0.5, 0.6) is 0 Å². The van der Waals surface area contributed by atoms with Crippen LogP contribution in [0.4, 0.5) is 0 Å². The van der Waals surface area contributed by atoms with Crippen LogP contribution in [0.15, 0.2) is 0 Å². The predicted octanol–water partition coefficient (Wildman–Crippen LogP) is -0.357. The molecule has 0 heterocycles. The zero-order chi connectivity index (χ0) is 18.6. The van der Waals surface area contributed by atoms with Gasteiger partial charge in [0.05, 0.1) is 52.7 Å². The summed E-state index contributed by atoms with van der Waals surface area (Å²) < 4.78 is 21.4. The van der Waals surface area contributed by atoms with Gasteiger partial charge in [-0.2, -0.15) is 0 Å². The third-order valence-corrected chi connectivity index (χ3v) is 2.97. The highest BCUT2D eigenvalue weighted by molar-refractivity contribution is 5.80. The second-order valence-corrected chi connectivity index (χ2v) is 5.15. The van der Waals surface area contributed by atoms with Crippen LogP contribution in [0.25, 0.3) is 0 Å². The van der Waals surface area contributed by atoms with E-state index in [-0.39, 0.29) is 18.7 Å². The number of rotatable bonds is 19. The number of carboxylic acid groups (broad SMARTS) is 1. The number of nitrogens with one attached hydrogen (secondary N) is 2. The molecule has 0 spiro atoms. The van der Waals surface area contributed by atoms with Crippen LogP contribution in [-0.2, 0) is 28.5 Å². The lowest BCUT2D eigenvalue weighted by atomic mass is 10.3. The molecule has 0 radical (unpaired) electrons. The van der Waals surface area contributed by atoms with E-state index in [1.54, 1.807) is 0 Å². The largest absolute Gasteiger partial charge is 0.481 e. The molecule has 0 bridgehead atoms. The summed E-state index contributed by atoms with van der Waals surface area (Å²) in [6.07, 6.45) is 0.538. The Balaban J connectivity index is 3.09. The Labute approximate surface area is 149 Å². The zero-order valence-electron chi connectivity index (χ0n) is 15.1. The smallest absolute Gasteiger partial charge is 0.303 e. The molecule has 0 aliphatic carbocycles. The van der Waals surface area contributed by atoms with Gasteiger partial charge in [-0.3, -0.25) is 9.59 Å². The first-order valence-electron chi connectivity index (χ1n) is 8.61. The first-order valence-corrected chi connectivity index (χ1v) is 8.61. The van der Waals surface area contributed by atoms with Gasteiger partial charge in [-0.25, -0.2) is 0 Å². The van der Waals surface area contributed by atoms with Gasteiger partial charge >= 0.3 is 5.97 Å². The van der Waals surface area contributed by atoms with Crippen molar-refractivity contribution in [3.8, 4) is 0 Å². The quantitative estimate of drug-likeness (QED) is 0.266. The summed E-state index contributed by atoms with van der Waals surface area (Å²) >= 11 is 0. The molecule has 0 rings (SSSR count). The van der Waals surface area contributed by atoms with Crippen molar-refractivity contribution in [2.24, 2.45) is 0 Å². The molecule has 0 aliphatic heterocycles. The molecular weight excluding hydrogens is 332 g/mol. The van der Waals surface area contributed by atoms with Gasteiger partial charge in [0.1, 0.15) is 0 Å². The number of ether oxygens (including phenoxy) is 4. The molecular formula is C16H32N2O7. The van der Waals surface area contributed by atoms with Gasteiger partial charge in [-0.15, -0.1) is 0 Å². The highest BCUT2D eigenvalue weighted by atomic mass is 16.6. The van der Waals surface area contributed by atoms with Crippen LogP contribution in [0, 0.1) is 0 Å². The first kappa shape index (κ1) is 23.7. The molecule has 9 heteroatoms. The maximum atomic E-state index is 11.2. The van der Waals surface area contributed by atoms with Gasteiger partial charge in [-0.1, -0.05) is 0 Å². The van der Waals surface area contributed by atoms with E-state index in [4.69, 9.17) is 24.1 Å². The summed E-state index contributed by atoms with van der Waals surface area (Å²) in [7, 11) is 1.88. The van der Waals surface area contributed by atoms with Crippen molar-refractivity contribution in [1.29, 1.82) is 0 Å². The monoisotopic (exact) mass is 364 g/mol. The standard InChI is InChI=1S/C16H32N2O7/c1-17-6-8-23-10-12-25-14-13-24-11-9-22-7-2-5-18-15(19)3-4-16(20)21/h17H,2-14H2,1H3,(H,18,19)(H,20,21). The molecule has 0 fully saturated rings. The van der Waals surface area contributed by atoms with E-state index in [0.717, 1.165) is 6.54 Å². The topological polar surface area (TPSA) is 115 Å². The van der Waals surface area contributed by atoms with E-state index in [1.165, 1.54) is 0 Å². The fourth-order valence-electron chi connectivity index (χ4n) is 1.65. The summed E-state index contributed by atoms with van der Waals surface area (Å²) in [4.78, 5) is 21.5. The third kappa shape index (κ3) is 20.7. The van der Waals surface area contributed by atoms with Gasteiger partial charge in [0.2, 0.25) is 5.91 Å². The Morgan fingerprint density at radius 3 is 1.80 bits per heavy atom. The molecule has 0 aromatic rings. The molecule has 0 saturated carbocycles. The predicted molar refractivity (Wildman–Crippen MR) is 91.7 cm³/mol. The Hall–Kier alpha value is -1.26. The molecule has 9 nitrogen and oxygen atoms in total. The molecule has 0 atom stereocenters. The SMILES string of the molecule is CNCCOCCOCCOCCOCCCNC(=O)CCC(=O)O. The molecule has 0 unspecified atom stereocenters. The lowest BCUT2D eigenvalue weighted by Gasteiger charge is -2.08. The van der Waals surface area contributed by atoms with E-state index in [1.807, 2.05) is 7.05 Å². The Kier molecular flexibility index (Phi) is 18.1. The molecule has 0 aromatic carbocycles. The van der Waals surface area contributed by atoms with Crippen molar-refractivity contribution < 1.29 is 33.6 Å². The van der Waals surface area contributed by atoms with Crippen LogP contribution in [0.2, 0.25) is 0 Å². The molecule has 0 aromatic heterocycles. The van der Waals surface area contributed by atoms with Crippen molar-refractivity contribution in [3.05, 3.63) is 0 Å². The van der Waals surface area contributed by atoms with Gasteiger partial charge < -0.3 is 34.7 Å². The number of carboxylic acids is 1. The average molecular weight is 364 g/mol. The Morgan fingerprint density at radius 2 is 1.28 bits per heavy atom. The van der Waals surface area contributed by atoms with Crippen molar-refractivity contribution in [2.45, 2.75) is 19.3 Å². The number of hydrogen-bond acceptors (Lipinski definition) is 7. The number of aliphatic carboxylic acids is 1. The second-order valence-electron chi connectivity index (χ2n) is 5.15. The molecule has 3 N–H and O–H groups in total. The lowest BCUT2D eigenvalue weighted by Crippen LogP contribution is -2.25. The number of hydrogen-bond donors (Lipinski definition) is 3. The Morgan fingerprint density at radius 1 is 0.760 bits per heavy atom. The van der Waals surface area contributed by atoms with Gasteiger partial charge in [0, 0.05) is 26.1 Å². The zero-order valence-corrected chi connectivity index (χ0v) is 15.1. The lowest BCUT2D eigenvalue weighted by molar-refractivity contribution is -0.138.